The Morgan fingerprint density at radius 2 is 1.40 bits per heavy atom. The van der Waals surface area contributed by atoms with Crippen LogP contribution in [0.15, 0.2) is 36.4 Å². The zero-order valence-corrected chi connectivity index (χ0v) is 19.3. The van der Waals surface area contributed by atoms with Crippen molar-refractivity contribution in [1.29, 1.82) is 0 Å². The number of anilines is 1. The fourth-order valence-corrected chi connectivity index (χ4v) is 4.70. The molecule has 0 saturated carbocycles. The second-order valence-corrected chi connectivity index (χ2v) is 9.55. The molecule has 1 atom stereocenters. The number of fused-ring (bicyclic) bond motifs is 1. The minimum absolute atomic E-state index is 0.00930. The van der Waals surface area contributed by atoms with E-state index in [1.807, 2.05) is 32.0 Å². The van der Waals surface area contributed by atoms with Crippen molar-refractivity contribution in [3.63, 3.8) is 0 Å². The van der Waals surface area contributed by atoms with Crippen LogP contribution < -0.4 is 4.90 Å². The average molecular weight is 424 g/mol. The summed E-state index contributed by atoms with van der Waals surface area (Å²) in [5, 5.41) is 0.00930. The number of hydrogen-bond donors (Lipinski definition) is 0. The smallest absolute Gasteiger partial charge is 0.266 e. The maximum atomic E-state index is 13.6. The van der Waals surface area contributed by atoms with E-state index in [9.17, 15) is 14.4 Å². The maximum Gasteiger partial charge on any atom is 0.266 e. The SMILES string of the molecule is CCSC(=O)C(C)c1cccc2c1C(=O)N(c1c(C(C)C)cccc1C(C)C)C2=O. The van der Waals surface area contributed by atoms with Crippen molar-refractivity contribution < 1.29 is 14.4 Å². The highest BCUT2D eigenvalue weighted by Crippen LogP contribution is 2.41. The molecule has 4 nitrogen and oxygen atoms in total. The van der Waals surface area contributed by atoms with Gasteiger partial charge in [0.1, 0.15) is 0 Å². The normalized spacial score (nSPS) is 14.6. The molecule has 0 radical (unpaired) electrons. The van der Waals surface area contributed by atoms with Gasteiger partial charge in [-0.05, 0) is 40.3 Å². The summed E-state index contributed by atoms with van der Waals surface area (Å²) in [6.45, 7) is 12.0. The van der Waals surface area contributed by atoms with Crippen molar-refractivity contribution in [1.82, 2.24) is 0 Å². The van der Waals surface area contributed by atoms with Gasteiger partial charge in [0.15, 0.2) is 5.12 Å². The Labute approximate surface area is 183 Å². The van der Waals surface area contributed by atoms with E-state index in [0.717, 1.165) is 11.1 Å². The standard InChI is InChI=1S/C25H29NO3S/c1-7-30-25(29)16(6)19-12-9-13-20-21(19)24(28)26(23(20)27)22-17(14(2)3)10-8-11-18(22)15(4)5/h8-16H,7H2,1-6H3. The molecule has 0 bridgehead atoms. The number of nitrogens with zero attached hydrogens (tertiary/aromatic N) is 1. The number of carbonyl (C=O) groups is 3. The second kappa shape index (κ2) is 8.76. The van der Waals surface area contributed by atoms with Gasteiger partial charge in [-0.2, -0.15) is 0 Å². The van der Waals surface area contributed by atoms with Crippen LogP contribution >= 0.6 is 11.8 Å². The van der Waals surface area contributed by atoms with E-state index in [0.29, 0.717) is 28.1 Å². The summed E-state index contributed by atoms with van der Waals surface area (Å²) in [6, 6.07) is 11.2. The van der Waals surface area contributed by atoms with Gasteiger partial charge in [-0.25, -0.2) is 4.90 Å². The summed E-state index contributed by atoms with van der Waals surface area (Å²) in [5.41, 5.74) is 4.03. The van der Waals surface area contributed by atoms with Crippen LogP contribution in [0, 0.1) is 0 Å². The van der Waals surface area contributed by atoms with Crippen molar-refractivity contribution >= 4 is 34.4 Å². The molecule has 1 unspecified atom stereocenters. The van der Waals surface area contributed by atoms with Gasteiger partial charge in [-0.1, -0.05) is 83.6 Å². The average Bonchev–Trinajstić information content (AvgIpc) is 2.97. The lowest BCUT2D eigenvalue weighted by molar-refractivity contribution is -0.111. The van der Waals surface area contributed by atoms with Crippen molar-refractivity contribution in [2.45, 2.75) is 59.3 Å². The van der Waals surface area contributed by atoms with E-state index in [-0.39, 0.29) is 28.8 Å². The summed E-state index contributed by atoms with van der Waals surface area (Å²) < 4.78 is 0. The van der Waals surface area contributed by atoms with E-state index >= 15 is 0 Å². The van der Waals surface area contributed by atoms with E-state index in [1.54, 1.807) is 18.2 Å². The third-order valence-corrected chi connectivity index (χ3v) is 6.55. The Balaban J connectivity index is 2.19. The van der Waals surface area contributed by atoms with Crippen LogP contribution in [0.1, 0.15) is 96.7 Å². The predicted octanol–water partition coefficient (Wildman–Crippen LogP) is 6.12. The van der Waals surface area contributed by atoms with E-state index < -0.39 is 5.92 Å². The van der Waals surface area contributed by atoms with Crippen LogP contribution in [0.5, 0.6) is 0 Å². The van der Waals surface area contributed by atoms with Crippen molar-refractivity contribution in [3.8, 4) is 0 Å². The zero-order chi connectivity index (χ0) is 22.2. The van der Waals surface area contributed by atoms with Gasteiger partial charge in [0.2, 0.25) is 0 Å². The molecule has 1 aliphatic rings. The summed E-state index contributed by atoms with van der Waals surface area (Å²) in [5.74, 6) is -0.104. The molecule has 2 aromatic rings. The topological polar surface area (TPSA) is 54.5 Å². The minimum Gasteiger partial charge on any atom is -0.287 e. The molecule has 0 N–H and O–H groups in total. The fraction of sp³-hybridized carbons (Fsp3) is 0.400. The Morgan fingerprint density at radius 1 is 0.867 bits per heavy atom. The lowest BCUT2D eigenvalue weighted by atomic mass is 9.91. The van der Waals surface area contributed by atoms with Gasteiger partial charge in [-0.3, -0.25) is 14.4 Å². The first-order chi connectivity index (χ1) is 14.2. The number of rotatable bonds is 6. The molecular formula is C25H29NO3S. The Hall–Kier alpha value is -2.40. The molecule has 30 heavy (non-hydrogen) atoms. The van der Waals surface area contributed by atoms with Gasteiger partial charge in [-0.15, -0.1) is 0 Å². The summed E-state index contributed by atoms with van der Waals surface area (Å²) in [7, 11) is 0. The fourth-order valence-electron chi connectivity index (χ4n) is 4.04. The van der Waals surface area contributed by atoms with E-state index in [1.165, 1.54) is 16.7 Å². The third-order valence-electron chi connectivity index (χ3n) is 5.62. The molecule has 0 spiro atoms. The van der Waals surface area contributed by atoms with Gasteiger partial charge in [0.25, 0.3) is 11.8 Å². The van der Waals surface area contributed by atoms with Crippen LogP contribution in [0.2, 0.25) is 0 Å². The number of para-hydroxylation sites is 1. The second-order valence-electron chi connectivity index (χ2n) is 8.28. The molecule has 1 aliphatic heterocycles. The summed E-state index contributed by atoms with van der Waals surface area (Å²) in [4.78, 5) is 41.0. The summed E-state index contributed by atoms with van der Waals surface area (Å²) in [6.07, 6.45) is 0. The first-order valence-corrected chi connectivity index (χ1v) is 11.5. The quantitative estimate of drug-likeness (QED) is 0.526. The Bertz CT molecular complexity index is 983. The lowest BCUT2D eigenvalue weighted by Crippen LogP contribution is -2.32. The van der Waals surface area contributed by atoms with E-state index in [4.69, 9.17) is 0 Å². The molecule has 0 aromatic heterocycles. The molecule has 1 heterocycles. The van der Waals surface area contributed by atoms with Crippen LogP contribution in [-0.2, 0) is 4.79 Å². The largest absolute Gasteiger partial charge is 0.287 e. The van der Waals surface area contributed by atoms with Crippen molar-refractivity contribution in [3.05, 3.63) is 64.2 Å². The molecule has 0 aliphatic carbocycles. The first-order valence-electron chi connectivity index (χ1n) is 10.5. The predicted molar refractivity (Wildman–Crippen MR) is 124 cm³/mol. The van der Waals surface area contributed by atoms with E-state index in [2.05, 4.69) is 27.7 Å². The molecular weight excluding hydrogens is 394 g/mol. The highest BCUT2D eigenvalue weighted by molar-refractivity contribution is 8.13. The molecule has 2 amide bonds. The van der Waals surface area contributed by atoms with Crippen molar-refractivity contribution in [2.24, 2.45) is 0 Å². The van der Waals surface area contributed by atoms with Gasteiger partial charge >= 0.3 is 0 Å². The maximum absolute atomic E-state index is 13.6. The summed E-state index contributed by atoms with van der Waals surface area (Å²) >= 11 is 1.24. The zero-order valence-electron chi connectivity index (χ0n) is 18.5. The van der Waals surface area contributed by atoms with Crippen LogP contribution in [-0.4, -0.2) is 22.7 Å². The number of carbonyl (C=O) groups excluding carboxylic acids is 3. The third kappa shape index (κ3) is 3.71. The Kier molecular flexibility index (Phi) is 6.51. The molecule has 158 valence electrons. The molecule has 2 aromatic carbocycles. The van der Waals surface area contributed by atoms with Gasteiger partial charge in [0, 0.05) is 0 Å². The van der Waals surface area contributed by atoms with Crippen molar-refractivity contribution in [2.75, 3.05) is 10.7 Å². The molecule has 5 heteroatoms. The number of thioether (sulfide) groups is 1. The number of amides is 2. The van der Waals surface area contributed by atoms with Crippen LogP contribution in [0.25, 0.3) is 0 Å². The number of imide groups is 1. The van der Waals surface area contributed by atoms with Crippen LogP contribution in [0.4, 0.5) is 5.69 Å². The minimum atomic E-state index is -0.452. The highest BCUT2D eigenvalue weighted by Gasteiger charge is 2.41. The first kappa shape index (κ1) is 22.3. The number of hydrogen-bond acceptors (Lipinski definition) is 4. The van der Waals surface area contributed by atoms with Gasteiger partial charge in [0.05, 0.1) is 22.7 Å². The van der Waals surface area contributed by atoms with Crippen LogP contribution in [0.3, 0.4) is 0 Å². The van der Waals surface area contributed by atoms with Gasteiger partial charge < -0.3 is 0 Å². The monoisotopic (exact) mass is 423 g/mol. The molecule has 3 rings (SSSR count). The highest BCUT2D eigenvalue weighted by atomic mass is 32.2. The lowest BCUT2D eigenvalue weighted by Gasteiger charge is -2.25. The molecule has 0 saturated heterocycles. The number of benzene rings is 2. The Morgan fingerprint density at radius 3 is 1.93 bits per heavy atom. The molecule has 0 fully saturated rings.